The van der Waals surface area contributed by atoms with Crippen molar-refractivity contribution in [3.05, 3.63) is 102 Å². The molecule has 3 N–H and O–H groups in total. The summed E-state index contributed by atoms with van der Waals surface area (Å²) in [4.78, 5) is 63.3. The average molecular weight is 666 g/mol. The molecule has 256 valence electrons. The van der Waals surface area contributed by atoms with Crippen molar-refractivity contribution in [1.29, 1.82) is 0 Å². The van der Waals surface area contributed by atoms with Crippen molar-refractivity contribution in [2.75, 3.05) is 0 Å². The van der Waals surface area contributed by atoms with Gasteiger partial charge in [0.15, 0.2) is 0 Å². The molecule has 3 aromatic rings. The van der Waals surface area contributed by atoms with Crippen LogP contribution in [0.15, 0.2) is 84.9 Å². The number of ketones is 1. The largest absolute Gasteiger partial charge is 0.489 e. The van der Waals surface area contributed by atoms with Crippen molar-refractivity contribution in [3.8, 4) is 5.75 Å². The van der Waals surface area contributed by atoms with Crippen LogP contribution in [0.3, 0.4) is 0 Å². The van der Waals surface area contributed by atoms with E-state index in [0.717, 1.165) is 5.56 Å². The van der Waals surface area contributed by atoms with E-state index in [1.54, 1.807) is 82.3 Å². The molecule has 0 fully saturated rings. The molecule has 0 aromatic heterocycles. The van der Waals surface area contributed by atoms with Crippen LogP contribution in [0.5, 0.6) is 5.75 Å². The van der Waals surface area contributed by atoms with Gasteiger partial charge in [0.05, 0.1) is 12.1 Å². The van der Waals surface area contributed by atoms with E-state index in [1.807, 2.05) is 35.6 Å². The molecule has 0 aliphatic rings. The number of hydrogen-bond acceptors (Lipinski definition) is 7. The van der Waals surface area contributed by atoms with E-state index in [1.165, 1.54) is 0 Å². The first-order chi connectivity index (χ1) is 22.8. The predicted molar refractivity (Wildman–Crippen MR) is 174 cm³/mol. The Morgan fingerprint density at radius 1 is 0.729 bits per heavy atom. The molecule has 0 aliphatic heterocycles. The SMILES string of the molecule is CC(C)[C@H](NC(=O)OCc1ccccc1)C(=O)NC(Cc1ccc(OCc2ccccc2)cc1)C(=O)C(F)(F)C(=O)N[C@H](C=O)C(C)C. The fourth-order valence-electron chi connectivity index (χ4n) is 4.53. The first-order valence-electron chi connectivity index (χ1n) is 15.5. The van der Waals surface area contributed by atoms with Crippen LogP contribution in [0.4, 0.5) is 13.6 Å². The summed E-state index contributed by atoms with van der Waals surface area (Å²) < 4.78 is 41.8. The summed E-state index contributed by atoms with van der Waals surface area (Å²) in [6.45, 7) is 6.51. The zero-order valence-electron chi connectivity index (χ0n) is 27.3. The van der Waals surface area contributed by atoms with Gasteiger partial charge in [-0.15, -0.1) is 0 Å². The molecule has 12 heteroatoms. The average Bonchev–Trinajstić information content (AvgIpc) is 3.08. The third-order valence-electron chi connectivity index (χ3n) is 7.44. The quantitative estimate of drug-likeness (QED) is 0.139. The lowest BCUT2D eigenvalue weighted by molar-refractivity contribution is -0.161. The third-order valence-corrected chi connectivity index (χ3v) is 7.44. The second-order valence-corrected chi connectivity index (χ2v) is 11.9. The van der Waals surface area contributed by atoms with E-state index in [0.29, 0.717) is 23.2 Å². The van der Waals surface area contributed by atoms with Crippen LogP contribution in [-0.2, 0) is 43.5 Å². The van der Waals surface area contributed by atoms with Crippen LogP contribution >= 0.6 is 0 Å². The highest BCUT2D eigenvalue weighted by molar-refractivity contribution is 6.11. The number of aldehydes is 1. The van der Waals surface area contributed by atoms with Gasteiger partial charge in [-0.1, -0.05) is 100 Å². The highest BCUT2D eigenvalue weighted by Gasteiger charge is 2.51. The number of benzene rings is 3. The number of halogens is 2. The molecule has 0 aliphatic carbocycles. The molecule has 48 heavy (non-hydrogen) atoms. The van der Waals surface area contributed by atoms with Gasteiger partial charge in [-0.25, -0.2) is 4.79 Å². The van der Waals surface area contributed by atoms with Crippen LogP contribution < -0.4 is 20.7 Å². The van der Waals surface area contributed by atoms with Crippen molar-refractivity contribution >= 4 is 30.0 Å². The molecule has 0 bridgehead atoms. The summed E-state index contributed by atoms with van der Waals surface area (Å²) in [7, 11) is 0. The van der Waals surface area contributed by atoms with Gasteiger partial charge < -0.3 is 30.2 Å². The Balaban J connectivity index is 1.79. The van der Waals surface area contributed by atoms with Gasteiger partial charge in [0.2, 0.25) is 11.7 Å². The summed E-state index contributed by atoms with van der Waals surface area (Å²) in [6, 6.07) is 20.1. The first kappa shape index (κ1) is 37.3. The van der Waals surface area contributed by atoms with E-state index in [9.17, 15) is 24.0 Å². The number of nitrogens with one attached hydrogen (secondary N) is 3. The van der Waals surface area contributed by atoms with E-state index in [-0.39, 0.29) is 13.2 Å². The maximum atomic E-state index is 15.4. The molecule has 3 rings (SSSR count). The maximum Gasteiger partial charge on any atom is 0.408 e. The number of hydrogen-bond donors (Lipinski definition) is 3. The van der Waals surface area contributed by atoms with Crippen LogP contribution in [0.2, 0.25) is 0 Å². The number of alkyl halides is 2. The molecule has 3 amide bonds. The van der Waals surface area contributed by atoms with Gasteiger partial charge >= 0.3 is 12.0 Å². The fourth-order valence-corrected chi connectivity index (χ4v) is 4.53. The van der Waals surface area contributed by atoms with E-state index in [4.69, 9.17) is 9.47 Å². The van der Waals surface area contributed by atoms with Crippen molar-refractivity contribution in [1.82, 2.24) is 16.0 Å². The minimum absolute atomic E-state index is 0.0786. The lowest BCUT2D eigenvalue weighted by atomic mass is 9.96. The number of rotatable bonds is 17. The molecule has 0 radical (unpaired) electrons. The summed E-state index contributed by atoms with van der Waals surface area (Å²) in [5.74, 6) is -9.99. The molecular formula is C36H41F2N3O7. The maximum absolute atomic E-state index is 15.4. The van der Waals surface area contributed by atoms with Gasteiger partial charge in [-0.2, -0.15) is 8.78 Å². The normalized spacial score (nSPS) is 13.2. The Bertz CT molecular complexity index is 1520. The van der Waals surface area contributed by atoms with Gasteiger partial charge in [-0.05, 0) is 40.7 Å². The molecule has 3 aromatic carbocycles. The minimum atomic E-state index is -4.61. The Kier molecular flexibility index (Phi) is 13.8. The van der Waals surface area contributed by atoms with Gasteiger partial charge in [0, 0.05) is 6.42 Å². The van der Waals surface area contributed by atoms with Gasteiger partial charge in [0.1, 0.15) is 31.3 Å². The van der Waals surface area contributed by atoms with E-state index in [2.05, 4.69) is 10.6 Å². The van der Waals surface area contributed by atoms with Crippen molar-refractivity contribution in [3.63, 3.8) is 0 Å². The zero-order valence-corrected chi connectivity index (χ0v) is 27.3. The molecule has 3 atom stereocenters. The van der Waals surface area contributed by atoms with Crippen molar-refractivity contribution in [2.45, 2.75) is 71.4 Å². The molecule has 0 heterocycles. The van der Waals surface area contributed by atoms with Crippen LogP contribution in [0, 0.1) is 11.8 Å². The predicted octanol–water partition coefficient (Wildman–Crippen LogP) is 4.79. The zero-order chi connectivity index (χ0) is 35.3. The van der Waals surface area contributed by atoms with Crippen molar-refractivity contribution in [2.24, 2.45) is 11.8 Å². The monoisotopic (exact) mass is 665 g/mol. The molecule has 0 saturated heterocycles. The third kappa shape index (κ3) is 11.0. The first-order valence-corrected chi connectivity index (χ1v) is 15.5. The summed E-state index contributed by atoms with van der Waals surface area (Å²) in [5, 5.41) is 6.66. The van der Waals surface area contributed by atoms with E-state index >= 15 is 8.78 Å². The number of carbonyl (C=O) groups is 5. The minimum Gasteiger partial charge on any atom is -0.489 e. The summed E-state index contributed by atoms with van der Waals surface area (Å²) in [5.41, 5.74) is 2.01. The lowest BCUT2D eigenvalue weighted by Crippen LogP contribution is -2.60. The Labute approximate surface area is 278 Å². The Morgan fingerprint density at radius 2 is 1.29 bits per heavy atom. The topological polar surface area (TPSA) is 140 Å². The molecular weight excluding hydrogens is 624 g/mol. The lowest BCUT2D eigenvalue weighted by Gasteiger charge is -2.27. The smallest absolute Gasteiger partial charge is 0.408 e. The molecule has 10 nitrogen and oxygen atoms in total. The van der Waals surface area contributed by atoms with Crippen LogP contribution in [0.25, 0.3) is 0 Å². The molecule has 0 spiro atoms. The number of alkyl carbamates (subject to hydrolysis) is 1. The number of carbonyl (C=O) groups excluding carboxylic acids is 5. The Morgan fingerprint density at radius 3 is 1.81 bits per heavy atom. The van der Waals surface area contributed by atoms with Gasteiger partial charge in [-0.3, -0.25) is 14.4 Å². The number of ether oxygens (including phenoxy) is 2. The van der Waals surface area contributed by atoms with E-state index < -0.39 is 66.0 Å². The second-order valence-electron chi connectivity index (χ2n) is 11.9. The highest BCUT2D eigenvalue weighted by atomic mass is 19.3. The second kappa shape index (κ2) is 17.7. The standard InChI is InChI=1S/C36H41F2N3O7/c1-23(2)30(20-42)40-34(45)36(37,38)32(43)29(19-25-15-17-28(18-16-25)47-21-26-11-7-5-8-12-26)39-33(44)31(24(3)4)41-35(46)48-22-27-13-9-6-10-14-27/h5-18,20,23-24,29-31H,19,21-22H2,1-4H3,(H,39,44)(H,40,45)(H,41,46)/t29?,30-,31+/m1/s1. The highest BCUT2D eigenvalue weighted by Crippen LogP contribution is 2.22. The van der Waals surface area contributed by atoms with Gasteiger partial charge in [0.25, 0.3) is 5.91 Å². The fraction of sp³-hybridized carbons (Fsp3) is 0.361. The van der Waals surface area contributed by atoms with Crippen molar-refractivity contribution < 1.29 is 42.2 Å². The molecule has 1 unspecified atom stereocenters. The summed E-state index contributed by atoms with van der Waals surface area (Å²) in [6.07, 6.45) is -1.05. The van der Waals surface area contributed by atoms with Crippen LogP contribution in [-0.4, -0.2) is 54.0 Å². The number of amides is 3. The summed E-state index contributed by atoms with van der Waals surface area (Å²) >= 11 is 0. The van der Waals surface area contributed by atoms with Crippen LogP contribution in [0.1, 0.15) is 44.4 Å². The molecule has 0 saturated carbocycles. The Hall–Kier alpha value is -5.13. The number of Topliss-reactive ketones (excluding diaryl/α,β-unsaturated/α-hetero) is 1.